The Morgan fingerprint density at radius 2 is 2.59 bits per heavy atom. The molecule has 17 heavy (non-hydrogen) atoms. The lowest BCUT2D eigenvalue weighted by Gasteiger charge is -2.31. The quantitative estimate of drug-likeness (QED) is 0.791. The van der Waals surface area contributed by atoms with Crippen LogP contribution in [0.15, 0.2) is 11.4 Å². The number of hydrogen-bond donors (Lipinski definition) is 0. The Bertz CT molecular complexity index is 452. The van der Waals surface area contributed by atoms with Crippen molar-refractivity contribution in [3.63, 3.8) is 0 Å². The number of carbonyl (C=O) groups is 1. The van der Waals surface area contributed by atoms with Gasteiger partial charge in [0.05, 0.1) is 26.4 Å². The normalized spacial score (nSPS) is 19.8. The average Bonchev–Trinajstić information content (AvgIpc) is 2.86. The molecule has 0 aromatic carbocycles. The minimum absolute atomic E-state index is 0.160. The van der Waals surface area contributed by atoms with Gasteiger partial charge in [0.2, 0.25) is 0 Å². The summed E-state index contributed by atoms with van der Waals surface area (Å²) in [6, 6.07) is 3.32. The molecule has 1 fully saturated rings. The minimum Gasteiger partial charge on any atom is -0.495 e. The highest BCUT2D eigenvalue weighted by Crippen LogP contribution is 2.27. The summed E-state index contributed by atoms with van der Waals surface area (Å²) in [6.07, 6.45) is 0. The first-order chi connectivity index (χ1) is 8.27. The van der Waals surface area contributed by atoms with Crippen LogP contribution >= 0.6 is 11.3 Å². The maximum absolute atomic E-state index is 12.3. The highest BCUT2D eigenvalue weighted by molar-refractivity contribution is 7.12. The number of rotatable bonds is 2. The Morgan fingerprint density at radius 3 is 3.29 bits per heavy atom. The van der Waals surface area contributed by atoms with E-state index in [9.17, 15) is 4.79 Å². The molecule has 1 atom stereocenters. The molecule has 1 aliphatic heterocycles. The number of nitrogens with zero attached hydrogens (tertiary/aromatic N) is 2. The Kier molecular flexibility index (Phi) is 3.61. The molecule has 1 aromatic heterocycles. The topological polar surface area (TPSA) is 62.6 Å². The largest absolute Gasteiger partial charge is 0.495 e. The van der Waals surface area contributed by atoms with Gasteiger partial charge in [0.25, 0.3) is 5.91 Å². The Balaban J connectivity index is 2.22. The first kappa shape index (κ1) is 11.9. The fraction of sp³-hybridized carbons (Fsp3) is 0.455. The molecule has 0 N–H and O–H groups in total. The molecule has 1 aliphatic rings. The third kappa shape index (κ3) is 2.25. The first-order valence-corrected chi connectivity index (χ1v) is 6.05. The summed E-state index contributed by atoms with van der Waals surface area (Å²) >= 11 is 1.32. The van der Waals surface area contributed by atoms with Crippen molar-refractivity contribution in [1.29, 1.82) is 5.26 Å². The summed E-state index contributed by atoms with van der Waals surface area (Å²) in [6.45, 7) is 1.19. The molecular formula is C11H12N2O3S. The fourth-order valence-electron chi connectivity index (χ4n) is 1.70. The van der Waals surface area contributed by atoms with E-state index >= 15 is 0 Å². The summed E-state index contributed by atoms with van der Waals surface area (Å²) < 4.78 is 10.3. The zero-order valence-electron chi connectivity index (χ0n) is 9.38. The number of carbonyl (C=O) groups excluding carboxylic acids is 1. The molecule has 0 radical (unpaired) electrons. The van der Waals surface area contributed by atoms with Crippen LogP contribution in [0.3, 0.4) is 0 Å². The van der Waals surface area contributed by atoms with Crippen LogP contribution in [0.1, 0.15) is 9.67 Å². The molecule has 1 aromatic rings. The predicted molar refractivity (Wildman–Crippen MR) is 62.1 cm³/mol. The number of thiophene rings is 1. The summed E-state index contributed by atoms with van der Waals surface area (Å²) in [7, 11) is 1.53. The molecule has 0 saturated carbocycles. The van der Waals surface area contributed by atoms with E-state index < -0.39 is 6.04 Å². The summed E-state index contributed by atoms with van der Waals surface area (Å²) in [5, 5.41) is 10.8. The van der Waals surface area contributed by atoms with E-state index in [2.05, 4.69) is 6.07 Å². The summed E-state index contributed by atoms with van der Waals surface area (Å²) in [5.74, 6) is 0.398. The Labute approximate surface area is 103 Å². The number of morpholine rings is 1. The molecule has 5 nitrogen and oxygen atoms in total. The average molecular weight is 252 g/mol. The van der Waals surface area contributed by atoms with Gasteiger partial charge >= 0.3 is 0 Å². The van der Waals surface area contributed by atoms with E-state index in [-0.39, 0.29) is 12.5 Å². The van der Waals surface area contributed by atoms with Gasteiger partial charge in [-0.15, -0.1) is 11.3 Å². The lowest BCUT2D eigenvalue weighted by molar-refractivity contribution is 0.0134. The number of nitriles is 1. The van der Waals surface area contributed by atoms with Crippen LogP contribution < -0.4 is 4.74 Å². The molecule has 0 bridgehead atoms. The van der Waals surface area contributed by atoms with E-state index in [1.165, 1.54) is 23.3 Å². The van der Waals surface area contributed by atoms with Crippen molar-refractivity contribution >= 4 is 17.2 Å². The second-order valence-corrected chi connectivity index (χ2v) is 4.45. The van der Waals surface area contributed by atoms with Gasteiger partial charge in [-0.25, -0.2) is 0 Å². The van der Waals surface area contributed by atoms with Crippen molar-refractivity contribution in [2.45, 2.75) is 6.04 Å². The third-order valence-corrected chi connectivity index (χ3v) is 3.47. The molecule has 6 heteroatoms. The second kappa shape index (κ2) is 5.17. The van der Waals surface area contributed by atoms with E-state index in [1.54, 1.807) is 11.4 Å². The van der Waals surface area contributed by atoms with Crippen LogP contribution in [0, 0.1) is 11.3 Å². The summed E-state index contributed by atoms with van der Waals surface area (Å²) in [5.41, 5.74) is 0. The Hall–Kier alpha value is -1.58. The van der Waals surface area contributed by atoms with Crippen molar-refractivity contribution in [2.75, 3.05) is 26.9 Å². The molecule has 0 spiro atoms. The lowest BCUT2D eigenvalue weighted by Crippen LogP contribution is -2.47. The van der Waals surface area contributed by atoms with Crippen LogP contribution in [0.25, 0.3) is 0 Å². The molecule has 2 heterocycles. The first-order valence-electron chi connectivity index (χ1n) is 5.17. The van der Waals surface area contributed by atoms with E-state index in [0.29, 0.717) is 23.8 Å². The van der Waals surface area contributed by atoms with Crippen molar-refractivity contribution in [1.82, 2.24) is 4.90 Å². The maximum Gasteiger partial charge on any atom is 0.268 e. The van der Waals surface area contributed by atoms with Gasteiger partial charge < -0.3 is 14.4 Å². The smallest absolute Gasteiger partial charge is 0.268 e. The highest BCUT2D eigenvalue weighted by Gasteiger charge is 2.30. The second-order valence-electron chi connectivity index (χ2n) is 3.54. The Morgan fingerprint density at radius 1 is 1.76 bits per heavy atom. The van der Waals surface area contributed by atoms with Crippen LogP contribution in [0.5, 0.6) is 5.75 Å². The summed E-state index contributed by atoms with van der Waals surface area (Å²) in [4.78, 5) is 14.3. The van der Waals surface area contributed by atoms with Gasteiger partial charge in [-0.2, -0.15) is 5.26 Å². The monoisotopic (exact) mass is 252 g/mol. The van der Waals surface area contributed by atoms with Crippen LogP contribution in [0.4, 0.5) is 0 Å². The molecule has 0 unspecified atom stereocenters. The van der Waals surface area contributed by atoms with E-state index in [1.807, 2.05) is 0 Å². The van der Waals surface area contributed by atoms with Crippen molar-refractivity contribution in [2.24, 2.45) is 0 Å². The van der Waals surface area contributed by atoms with Gasteiger partial charge in [-0.1, -0.05) is 0 Å². The highest BCUT2D eigenvalue weighted by atomic mass is 32.1. The van der Waals surface area contributed by atoms with Crippen molar-refractivity contribution in [3.8, 4) is 11.8 Å². The standard InChI is InChI=1S/C11H12N2O3S/c1-15-9-2-5-17-10(9)11(14)13-3-4-16-7-8(13)6-12/h2,5,8H,3-4,7H2,1H3/t8-/m0/s1. The molecular weight excluding hydrogens is 240 g/mol. The van der Waals surface area contributed by atoms with Crippen LogP contribution in [-0.4, -0.2) is 43.7 Å². The molecule has 90 valence electrons. The van der Waals surface area contributed by atoms with Gasteiger partial charge in [-0.3, -0.25) is 4.79 Å². The van der Waals surface area contributed by atoms with Crippen LogP contribution in [0.2, 0.25) is 0 Å². The van der Waals surface area contributed by atoms with Crippen LogP contribution in [-0.2, 0) is 4.74 Å². The zero-order chi connectivity index (χ0) is 12.3. The maximum atomic E-state index is 12.3. The third-order valence-electron chi connectivity index (χ3n) is 2.58. The number of methoxy groups -OCH3 is 1. The van der Waals surface area contributed by atoms with Crippen molar-refractivity contribution in [3.05, 3.63) is 16.3 Å². The number of amides is 1. The minimum atomic E-state index is -0.511. The van der Waals surface area contributed by atoms with Gasteiger partial charge in [0.15, 0.2) is 0 Å². The molecule has 0 aliphatic carbocycles. The predicted octanol–water partition coefficient (Wildman–Crippen LogP) is 1.12. The lowest BCUT2D eigenvalue weighted by atomic mass is 10.2. The van der Waals surface area contributed by atoms with Gasteiger partial charge in [0.1, 0.15) is 16.7 Å². The number of hydrogen-bond acceptors (Lipinski definition) is 5. The van der Waals surface area contributed by atoms with E-state index in [4.69, 9.17) is 14.7 Å². The van der Waals surface area contributed by atoms with Gasteiger partial charge in [-0.05, 0) is 11.4 Å². The van der Waals surface area contributed by atoms with E-state index in [0.717, 1.165) is 0 Å². The van der Waals surface area contributed by atoms with Crippen molar-refractivity contribution < 1.29 is 14.3 Å². The molecule has 2 rings (SSSR count). The fourth-order valence-corrected chi connectivity index (χ4v) is 2.51. The van der Waals surface area contributed by atoms with Gasteiger partial charge in [0, 0.05) is 6.54 Å². The number of ether oxygens (including phenoxy) is 2. The molecule has 1 amide bonds. The SMILES string of the molecule is COc1ccsc1C(=O)N1CCOC[C@@H]1C#N. The molecule has 1 saturated heterocycles. The zero-order valence-corrected chi connectivity index (χ0v) is 10.2.